The summed E-state index contributed by atoms with van der Waals surface area (Å²) in [5.74, 6) is 3.47. The molecule has 4 heterocycles. The molecule has 0 radical (unpaired) electrons. The second kappa shape index (κ2) is 23.5. The van der Waals surface area contributed by atoms with E-state index in [-0.39, 0.29) is 0 Å². The van der Waals surface area contributed by atoms with Crippen molar-refractivity contribution >= 4 is 22.7 Å². The van der Waals surface area contributed by atoms with E-state index in [1.807, 2.05) is 6.07 Å². The van der Waals surface area contributed by atoms with Gasteiger partial charge in [0.1, 0.15) is 22.2 Å². The van der Waals surface area contributed by atoms with Gasteiger partial charge in [0.25, 0.3) is 0 Å². The maximum Gasteiger partial charge on any atom is 0.232 e. The molecular weight excluding hydrogens is 1360 g/mol. The van der Waals surface area contributed by atoms with Crippen molar-refractivity contribution in [2.75, 3.05) is 9.80 Å². The first kappa shape index (κ1) is 62.4. The van der Waals surface area contributed by atoms with Crippen LogP contribution >= 0.6 is 0 Å². The maximum absolute atomic E-state index is 5.90. The summed E-state index contributed by atoms with van der Waals surface area (Å²) in [4.78, 5) is 39.6. The van der Waals surface area contributed by atoms with E-state index < -0.39 is 22.2 Å². The van der Waals surface area contributed by atoms with Crippen LogP contribution in [0.4, 0.5) is 11.9 Å². The SMILES string of the molecule is c1ccc(-c2nc(-c3ccc(-c4cccc(-c5ccc(-c6nc(-c7cccc8ccccc78)nc(N7C8(c9ccccc9-c9ccccc98)c8ccccc8C78c7ccccc7-c7ccccc78)n6)cc5)c4)cc3)nc(N3C4(c5ccccc5-c5ccccc54)c4ccccc4C34c3ccccc3-c3ccccc34)n2)cc1. The molecule has 4 aliphatic carbocycles. The second-order valence-electron chi connectivity index (χ2n) is 30.2. The van der Waals surface area contributed by atoms with E-state index >= 15 is 0 Å². The molecule has 520 valence electrons. The van der Waals surface area contributed by atoms with Crippen molar-refractivity contribution in [1.29, 1.82) is 0 Å². The summed E-state index contributed by atoms with van der Waals surface area (Å²) in [6, 6.07) is 142. The highest BCUT2D eigenvalue weighted by Crippen LogP contribution is 2.72. The van der Waals surface area contributed by atoms with Gasteiger partial charge in [0.15, 0.2) is 23.3 Å². The van der Waals surface area contributed by atoms with Crippen LogP contribution in [0.15, 0.2) is 388 Å². The zero-order valence-electron chi connectivity index (χ0n) is 60.5. The lowest BCUT2D eigenvalue weighted by Crippen LogP contribution is -2.53. The molecule has 0 fully saturated rings. The van der Waals surface area contributed by atoms with Crippen molar-refractivity contribution in [2.45, 2.75) is 22.2 Å². The molecular formula is C104H64N8. The second-order valence-corrected chi connectivity index (χ2v) is 30.2. The standard InChI is InChI=1S/C104H64N8/c1-2-29-68(30-3-1)95-105-96(108-99(107-95)111-101(83-44-14-6-35-74(83)75-36-7-15-45-84(75)101)91-52-22-23-53-92(91)102(111)85-46-16-8-37-76(85)77-38-9-17-47-86(77)102)69-60-56-65(57-61-69)71-32-26-33-72(64-71)66-58-62-70(63-59-66)97-106-98(82-43-27-31-67-28-4-5-34-73(67)82)110-100(109-97)112-103(87-48-18-10-39-78(87)79-40-11-19-49-88(79)103)93-54-24-25-55-94(93)104(112)89-50-20-12-41-80(89)81-42-13-21-51-90(81)104/h1-64H. The smallest absolute Gasteiger partial charge is 0.232 e. The lowest BCUT2D eigenvalue weighted by atomic mass is 9.79. The van der Waals surface area contributed by atoms with Crippen LogP contribution in [-0.2, 0) is 22.2 Å². The summed E-state index contributed by atoms with van der Waals surface area (Å²) in [6.45, 7) is 0. The van der Waals surface area contributed by atoms with E-state index in [0.717, 1.165) is 55.3 Å². The van der Waals surface area contributed by atoms with E-state index in [2.05, 4.69) is 392 Å². The Morgan fingerprint density at radius 3 is 0.741 bits per heavy atom. The average molecular weight is 1430 g/mol. The van der Waals surface area contributed by atoms with Gasteiger partial charge in [-0.25, -0.2) is 9.97 Å². The Morgan fingerprint density at radius 1 is 0.161 bits per heavy atom. The van der Waals surface area contributed by atoms with Gasteiger partial charge in [0.05, 0.1) is 0 Å². The summed E-state index contributed by atoms with van der Waals surface area (Å²) in [5.41, 5.74) is 28.1. The van der Waals surface area contributed by atoms with E-state index in [0.29, 0.717) is 35.2 Å². The maximum atomic E-state index is 5.90. The molecule has 4 spiro atoms. The molecule has 18 aromatic rings. The molecule has 8 heteroatoms. The highest BCUT2D eigenvalue weighted by atomic mass is 15.4. The fourth-order valence-corrected chi connectivity index (χ4v) is 20.7. The third-order valence-electron chi connectivity index (χ3n) is 25.0. The number of anilines is 2. The van der Waals surface area contributed by atoms with Gasteiger partial charge in [0.2, 0.25) is 11.9 Å². The molecule has 16 aromatic carbocycles. The molecule has 0 saturated carbocycles. The Hall–Kier alpha value is -14.6. The van der Waals surface area contributed by atoms with Gasteiger partial charge in [-0.3, -0.25) is 0 Å². The van der Waals surface area contributed by atoms with Crippen molar-refractivity contribution < 1.29 is 0 Å². The van der Waals surface area contributed by atoms with Crippen LogP contribution < -0.4 is 9.80 Å². The third-order valence-corrected chi connectivity index (χ3v) is 25.0. The molecule has 0 saturated heterocycles. The Bertz CT molecular complexity index is 6570. The topological polar surface area (TPSA) is 83.8 Å². The summed E-state index contributed by atoms with van der Waals surface area (Å²) < 4.78 is 0. The van der Waals surface area contributed by atoms with Crippen molar-refractivity contribution in [2.24, 2.45) is 0 Å². The fraction of sp³-hybridized carbons (Fsp3) is 0.0385. The lowest BCUT2D eigenvalue weighted by Gasteiger charge is -2.46. The predicted molar refractivity (Wildman–Crippen MR) is 448 cm³/mol. The van der Waals surface area contributed by atoms with Crippen molar-refractivity contribution in [3.63, 3.8) is 0 Å². The monoisotopic (exact) mass is 1420 g/mol. The molecule has 2 aliphatic heterocycles. The number of nitrogens with zero attached hydrogens (tertiary/aromatic N) is 8. The third kappa shape index (κ3) is 8.18. The van der Waals surface area contributed by atoms with Crippen LogP contribution in [0.1, 0.15) is 66.8 Å². The van der Waals surface area contributed by atoms with Crippen LogP contribution in [0.3, 0.4) is 0 Å². The van der Waals surface area contributed by atoms with Gasteiger partial charge in [-0.05, 0) is 150 Å². The fourth-order valence-electron chi connectivity index (χ4n) is 20.7. The van der Waals surface area contributed by atoms with E-state index in [1.165, 1.54) is 111 Å². The number of fused-ring (bicyclic) bond motifs is 27. The van der Waals surface area contributed by atoms with Gasteiger partial charge in [0, 0.05) is 22.3 Å². The highest BCUT2D eigenvalue weighted by Gasteiger charge is 2.69. The van der Waals surface area contributed by atoms with Gasteiger partial charge in [-0.2, -0.15) is 19.9 Å². The minimum atomic E-state index is -0.900. The van der Waals surface area contributed by atoms with Crippen molar-refractivity contribution in [3.8, 4) is 112 Å². The van der Waals surface area contributed by atoms with Crippen molar-refractivity contribution in [3.05, 3.63) is 455 Å². The van der Waals surface area contributed by atoms with E-state index in [4.69, 9.17) is 29.9 Å². The summed E-state index contributed by atoms with van der Waals surface area (Å²) >= 11 is 0. The van der Waals surface area contributed by atoms with Crippen LogP contribution in [0.25, 0.3) is 123 Å². The van der Waals surface area contributed by atoms with Gasteiger partial charge >= 0.3 is 0 Å². The van der Waals surface area contributed by atoms with E-state index in [9.17, 15) is 0 Å². The highest BCUT2D eigenvalue weighted by molar-refractivity contribution is 5.99. The quantitative estimate of drug-likeness (QED) is 0.149. The predicted octanol–water partition coefficient (Wildman–Crippen LogP) is 23.3. The number of rotatable bonds is 8. The first-order chi connectivity index (χ1) is 55.5. The first-order valence-corrected chi connectivity index (χ1v) is 38.5. The van der Waals surface area contributed by atoms with Crippen molar-refractivity contribution in [1.82, 2.24) is 29.9 Å². The average Bonchev–Trinajstić information content (AvgIpc) is 1.48. The number of aromatic nitrogens is 6. The minimum absolute atomic E-state index is 0.569. The zero-order chi connectivity index (χ0) is 73.4. The first-order valence-electron chi connectivity index (χ1n) is 38.5. The van der Waals surface area contributed by atoms with Crippen LogP contribution in [0.5, 0.6) is 0 Å². The molecule has 2 aromatic heterocycles. The Kier molecular flexibility index (Phi) is 13.1. The molecule has 0 N–H and O–H groups in total. The Balaban J connectivity index is 0.642. The summed E-state index contributed by atoms with van der Waals surface area (Å²) in [6.07, 6.45) is 0. The molecule has 24 rings (SSSR count). The number of hydrogen-bond acceptors (Lipinski definition) is 8. The minimum Gasteiger partial charge on any atom is -0.305 e. The van der Waals surface area contributed by atoms with Gasteiger partial charge < -0.3 is 9.80 Å². The normalized spacial score (nSPS) is 14.9. The molecule has 6 aliphatic rings. The van der Waals surface area contributed by atoms with Gasteiger partial charge in [-0.15, -0.1) is 0 Å². The van der Waals surface area contributed by atoms with Crippen LogP contribution in [-0.4, -0.2) is 29.9 Å². The number of benzene rings is 16. The molecule has 0 atom stereocenters. The van der Waals surface area contributed by atoms with E-state index in [1.54, 1.807) is 0 Å². The summed E-state index contributed by atoms with van der Waals surface area (Å²) in [5, 5.41) is 2.17. The number of hydrogen-bond donors (Lipinski definition) is 0. The molecule has 112 heavy (non-hydrogen) atoms. The molecule has 0 bridgehead atoms. The largest absolute Gasteiger partial charge is 0.305 e. The molecule has 8 nitrogen and oxygen atoms in total. The molecule has 0 unspecified atom stereocenters. The van der Waals surface area contributed by atoms with Gasteiger partial charge in [-0.1, -0.05) is 382 Å². The Morgan fingerprint density at radius 2 is 0.393 bits per heavy atom. The van der Waals surface area contributed by atoms with Crippen LogP contribution in [0, 0.1) is 0 Å². The summed E-state index contributed by atoms with van der Waals surface area (Å²) in [7, 11) is 0. The zero-order valence-corrected chi connectivity index (χ0v) is 60.5. The molecule has 0 amide bonds. The van der Waals surface area contributed by atoms with Crippen LogP contribution in [0.2, 0.25) is 0 Å². The lowest BCUT2D eigenvalue weighted by molar-refractivity contribution is 0.497. The Labute approximate surface area is 647 Å².